The van der Waals surface area contributed by atoms with E-state index in [0.29, 0.717) is 22.9 Å². The SMILES string of the molecule is CC[C@H]1OC(=O)[C@H](C)C(OC2C[C@@](C)(OC)C(O)[C@H](C)O2)[C@H](C)C(OC2O[C@H](C)CC(N(C)C)C2O)[C@@](C)(OC)CC(C)C(=O)C(C)C2N(CCc3ccc(Cl)c(Cl)c3)C(=O)OC21C. The number of methoxy groups -OCH3 is 2. The molecule has 17 heteroatoms. The van der Waals surface area contributed by atoms with Crippen molar-refractivity contribution in [3.63, 3.8) is 0 Å². The van der Waals surface area contributed by atoms with Crippen LogP contribution in [-0.2, 0) is 53.9 Å². The van der Waals surface area contributed by atoms with Crippen LogP contribution >= 0.6 is 23.2 Å². The van der Waals surface area contributed by atoms with Crippen molar-refractivity contribution in [1.82, 2.24) is 9.80 Å². The van der Waals surface area contributed by atoms with Gasteiger partial charge in [-0.1, -0.05) is 57.0 Å². The number of benzene rings is 1. The molecule has 0 aliphatic carbocycles. The van der Waals surface area contributed by atoms with Gasteiger partial charge < -0.3 is 53.0 Å². The Kier molecular flexibility index (Phi) is 17.3. The monoisotopic (exact) mass is 944 g/mol. The van der Waals surface area contributed by atoms with E-state index in [1.54, 1.807) is 51.7 Å². The summed E-state index contributed by atoms with van der Waals surface area (Å²) in [5.74, 6) is -4.03. The van der Waals surface area contributed by atoms with Gasteiger partial charge in [0, 0.05) is 51.0 Å². The van der Waals surface area contributed by atoms with E-state index < -0.39 is 108 Å². The molecule has 4 fully saturated rings. The Morgan fingerprint density at radius 3 is 2.14 bits per heavy atom. The van der Waals surface area contributed by atoms with Crippen LogP contribution in [0.2, 0.25) is 10.0 Å². The molecule has 0 saturated carbocycles. The van der Waals surface area contributed by atoms with Gasteiger partial charge >= 0.3 is 12.1 Å². The highest BCUT2D eigenvalue weighted by Gasteiger charge is 2.61. The van der Waals surface area contributed by atoms with Gasteiger partial charge in [-0.25, -0.2) is 4.79 Å². The Morgan fingerprint density at radius 1 is 0.891 bits per heavy atom. The summed E-state index contributed by atoms with van der Waals surface area (Å²) in [6.07, 6.45) is -7.29. The summed E-state index contributed by atoms with van der Waals surface area (Å²) < 4.78 is 51.4. The molecule has 2 N–H and O–H groups in total. The van der Waals surface area contributed by atoms with E-state index in [1.807, 2.05) is 59.7 Å². The summed E-state index contributed by atoms with van der Waals surface area (Å²) in [7, 11) is 6.83. The first-order valence-corrected chi connectivity index (χ1v) is 23.5. The molecule has 4 heterocycles. The number of aliphatic hydroxyl groups is 2. The predicted octanol–water partition coefficient (Wildman–Crippen LogP) is 6.46. The number of aliphatic hydroxyl groups excluding tert-OH is 2. The molecule has 4 aliphatic rings. The second-order valence-electron chi connectivity index (χ2n) is 19.6. The maximum Gasteiger partial charge on any atom is 0.410 e. The lowest BCUT2D eigenvalue weighted by Crippen LogP contribution is -2.61. The fraction of sp³-hybridized carbons (Fsp3) is 0.809. The Bertz CT molecular complexity index is 1790. The van der Waals surface area contributed by atoms with E-state index in [4.69, 9.17) is 61.1 Å². The van der Waals surface area contributed by atoms with Gasteiger partial charge in [0.25, 0.3) is 0 Å². The second kappa shape index (κ2) is 21.0. The number of nitrogens with zero attached hydrogens (tertiary/aromatic N) is 2. The number of rotatable bonds is 11. The number of carbonyl (C=O) groups is 3. The number of fused-ring (bicyclic) bond motifs is 1. The van der Waals surface area contributed by atoms with Gasteiger partial charge in [-0.3, -0.25) is 14.5 Å². The lowest BCUT2D eigenvalue weighted by molar-refractivity contribution is -0.319. The number of ether oxygens (including phenoxy) is 8. The highest BCUT2D eigenvalue weighted by molar-refractivity contribution is 6.42. The molecule has 4 aliphatic heterocycles. The number of ketones is 1. The van der Waals surface area contributed by atoms with Crippen molar-refractivity contribution in [2.75, 3.05) is 34.9 Å². The first kappa shape index (κ1) is 52.8. The molecule has 64 heavy (non-hydrogen) atoms. The molecule has 15 nitrogen and oxygen atoms in total. The van der Waals surface area contributed by atoms with Crippen molar-refractivity contribution in [2.45, 2.75) is 186 Å². The van der Waals surface area contributed by atoms with E-state index in [9.17, 15) is 19.8 Å². The van der Waals surface area contributed by atoms with Crippen LogP contribution in [-0.4, -0.2) is 157 Å². The van der Waals surface area contributed by atoms with Crippen molar-refractivity contribution in [3.8, 4) is 0 Å². The van der Waals surface area contributed by atoms with Gasteiger partial charge in [0.2, 0.25) is 0 Å². The Morgan fingerprint density at radius 2 is 1.55 bits per heavy atom. The van der Waals surface area contributed by atoms with E-state index in [-0.39, 0.29) is 43.7 Å². The van der Waals surface area contributed by atoms with Crippen LogP contribution in [0.25, 0.3) is 0 Å². The molecular weight excluding hydrogens is 871 g/mol. The maximum absolute atomic E-state index is 15.0. The number of hydrogen-bond donors (Lipinski definition) is 2. The molecule has 0 spiro atoms. The average Bonchev–Trinajstić information content (AvgIpc) is 3.51. The number of amides is 1. The summed E-state index contributed by atoms with van der Waals surface area (Å²) in [4.78, 5) is 47.5. The topological polar surface area (TPSA) is 172 Å². The molecule has 0 radical (unpaired) electrons. The Balaban J connectivity index is 1.63. The van der Waals surface area contributed by atoms with Crippen molar-refractivity contribution >= 4 is 41.0 Å². The fourth-order valence-electron chi connectivity index (χ4n) is 10.8. The first-order chi connectivity index (χ1) is 29.9. The molecule has 1 aromatic carbocycles. The normalized spacial score (nSPS) is 42.8. The van der Waals surface area contributed by atoms with Crippen LogP contribution < -0.4 is 0 Å². The van der Waals surface area contributed by atoms with E-state index in [2.05, 4.69) is 0 Å². The smallest absolute Gasteiger partial charge is 0.410 e. The number of hydrogen-bond acceptors (Lipinski definition) is 14. The van der Waals surface area contributed by atoms with Gasteiger partial charge in [-0.15, -0.1) is 0 Å². The molecule has 0 aromatic heterocycles. The molecule has 18 atom stereocenters. The largest absolute Gasteiger partial charge is 0.458 e. The summed E-state index contributed by atoms with van der Waals surface area (Å²) in [5.41, 5.74) is -2.95. The van der Waals surface area contributed by atoms with E-state index >= 15 is 4.79 Å². The minimum Gasteiger partial charge on any atom is -0.458 e. The summed E-state index contributed by atoms with van der Waals surface area (Å²) in [6.45, 7) is 18.2. The standard InChI is InChI=1S/C47H74Cl2N2O13/c1-15-34-47(10)39(51(44(56)64-47)19-18-30-16-17-31(48)32(49)21-30)26(4)36(52)24(2)22-46(9,58-14)41(63-43-37(53)33(50(11)12)20-25(3)59-43)27(5)38(28(6)42(55)61-34)62-35-23-45(8,57-13)40(54)29(7)60-35/h16-17,21,24-29,33-35,37-41,43,53-54H,15,18-20,22-23H2,1-14H3/t24?,25-,26?,27+,28-,29+,33?,34-,35?,37?,38?,39?,40?,41?,43?,45-,46+,47?/m1/s1. The van der Waals surface area contributed by atoms with Crippen LogP contribution in [0.3, 0.4) is 0 Å². The summed E-state index contributed by atoms with van der Waals surface area (Å²) >= 11 is 12.6. The molecule has 4 saturated heterocycles. The van der Waals surface area contributed by atoms with Crippen LogP contribution in [0.15, 0.2) is 18.2 Å². The molecule has 1 aromatic rings. The van der Waals surface area contributed by atoms with Gasteiger partial charge in [-0.2, -0.15) is 0 Å². The first-order valence-electron chi connectivity index (χ1n) is 22.8. The highest BCUT2D eigenvalue weighted by atomic mass is 35.5. The Hall–Kier alpha value is -2.15. The quantitative estimate of drug-likeness (QED) is 0.232. The van der Waals surface area contributed by atoms with Gasteiger partial charge in [0.05, 0.1) is 57.6 Å². The van der Waals surface area contributed by atoms with Crippen LogP contribution in [0.5, 0.6) is 0 Å². The molecule has 0 bridgehead atoms. The fourth-order valence-corrected chi connectivity index (χ4v) is 11.1. The van der Waals surface area contributed by atoms with Gasteiger partial charge in [0.15, 0.2) is 18.2 Å². The van der Waals surface area contributed by atoms with Crippen molar-refractivity contribution < 1.29 is 62.5 Å². The predicted molar refractivity (Wildman–Crippen MR) is 240 cm³/mol. The zero-order valence-electron chi connectivity index (χ0n) is 40.2. The van der Waals surface area contributed by atoms with Crippen LogP contribution in [0.1, 0.15) is 100 Å². The van der Waals surface area contributed by atoms with E-state index in [0.717, 1.165) is 5.56 Å². The number of carbonyl (C=O) groups excluding carboxylic acids is 3. The third-order valence-electron chi connectivity index (χ3n) is 14.7. The number of Topliss-reactive ketones (excluding diaryl/α,β-unsaturated/α-hetero) is 1. The molecule has 364 valence electrons. The van der Waals surface area contributed by atoms with Crippen molar-refractivity contribution in [3.05, 3.63) is 33.8 Å². The van der Waals surface area contributed by atoms with E-state index in [1.165, 1.54) is 14.2 Å². The van der Waals surface area contributed by atoms with Crippen molar-refractivity contribution in [1.29, 1.82) is 0 Å². The lowest BCUT2D eigenvalue weighted by atomic mass is 9.73. The molecule has 11 unspecified atom stereocenters. The van der Waals surface area contributed by atoms with Crippen molar-refractivity contribution in [2.24, 2.45) is 23.7 Å². The van der Waals surface area contributed by atoms with Gasteiger partial charge in [0.1, 0.15) is 24.1 Å². The van der Waals surface area contributed by atoms with Gasteiger partial charge in [-0.05, 0) is 99.0 Å². The minimum absolute atomic E-state index is 0.119. The lowest BCUT2D eigenvalue weighted by Gasteiger charge is -2.50. The maximum atomic E-state index is 15.0. The number of esters is 1. The molecule has 1 amide bonds. The minimum atomic E-state index is -1.46. The zero-order valence-corrected chi connectivity index (χ0v) is 41.7. The van der Waals surface area contributed by atoms with Crippen LogP contribution in [0, 0.1) is 23.7 Å². The number of halogens is 2. The second-order valence-corrected chi connectivity index (χ2v) is 20.5. The summed E-state index contributed by atoms with van der Waals surface area (Å²) in [5, 5.41) is 23.7. The Labute approximate surface area is 389 Å². The molecule has 5 rings (SSSR count). The average molecular weight is 946 g/mol. The number of likely N-dealkylation sites (N-methyl/N-ethyl adjacent to an activating group) is 1. The molecular formula is C47H74Cl2N2O13. The third-order valence-corrected chi connectivity index (χ3v) is 15.5. The van der Waals surface area contributed by atoms with Crippen LogP contribution in [0.4, 0.5) is 4.79 Å². The highest BCUT2D eigenvalue weighted by Crippen LogP contribution is 2.45. The number of cyclic esters (lactones) is 1. The zero-order chi connectivity index (χ0) is 47.8. The summed E-state index contributed by atoms with van der Waals surface area (Å²) in [6, 6.07) is 4.11. The third kappa shape index (κ3) is 10.8.